The zero-order valence-electron chi connectivity index (χ0n) is 11.8. The standard InChI is InChI=1S/C15H19NO3S/c1-15(2,3)14(18)16-8-11(17)13-5-4-12(19-13)10-6-7-20-9-10/h4-7,9,11,17H,8H2,1-3H3,(H,16,18). The molecule has 0 aliphatic heterocycles. The molecule has 1 atom stereocenters. The number of amides is 1. The van der Waals surface area contributed by atoms with E-state index >= 15 is 0 Å². The highest BCUT2D eigenvalue weighted by Crippen LogP contribution is 2.27. The third-order valence-corrected chi connectivity index (χ3v) is 3.58. The van der Waals surface area contributed by atoms with Crippen molar-refractivity contribution < 1.29 is 14.3 Å². The summed E-state index contributed by atoms with van der Waals surface area (Å²) >= 11 is 1.59. The normalized spacial score (nSPS) is 13.2. The predicted molar refractivity (Wildman–Crippen MR) is 79.4 cm³/mol. The highest BCUT2D eigenvalue weighted by Gasteiger charge is 2.22. The average Bonchev–Trinajstić information content (AvgIpc) is 3.03. The van der Waals surface area contributed by atoms with Crippen LogP contribution in [0.5, 0.6) is 0 Å². The van der Waals surface area contributed by atoms with Gasteiger partial charge in [-0.25, -0.2) is 0 Å². The number of nitrogens with one attached hydrogen (secondary N) is 1. The number of carbonyl (C=O) groups is 1. The van der Waals surface area contributed by atoms with Gasteiger partial charge in [-0.15, -0.1) is 0 Å². The van der Waals surface area contributed by atoms with E-state index in [4.69, 9.17) is 4.42 Å². The van der Waals surface area contributed by atoms with E-state index in [1.165, 1.54) is 0 Å². The maximum atomic E-state index is 11.7. The lowest BCUT2D eigenvalue weighted by molar-refractivity contribution is -0.129. The maximum Gasteiger partial charge on any atom is 0.225 e. The molecule has 0 aliphatic rings. The van der Waals surface area contributed by atoms with Crippen molar-refractivity contribution in [2.75, 3.05) is 6.54 Å². The second-order valence-corrected chi connectivity index (χ2v) is 6.47. The summed E-state index contributed by atoms with van der Waals surface area (Å²) in [5.74, 6) is 1.09. The van der Waals surface area contributed by atoms with Gasteiger partial charge in [-0.3, -0.25) is 4.79 Å². The summed E-state index contributed by atoms with van der Waals surface area (Å²) in [4.78, 5) is 11.7. The Morgan fingerprint density at radius 2 is 2.15 bits per heavy atom. The molecule has 0 aliphatic carbocycles. The number of furan rings is 1. The van der Waals surface area contributed by atoms with Crippen LogP contribution in [0, 0.1) is 5.41 Å². The van der Waals surface area contributed by atoms with Crippen LogP contribution in [0.4, 0.5) is 0 Å². The van der Waals surface area contributed by atoms with E-state index in [1.54, 1.807) is 17.4 Å². The van der Waals surface area contributed by atoms with Crippen LogP contribution < -0.4 is 5.32 Å². The monoisotopic (exact) mass is 293 g/mol. The van der Waals surface area contributed by atoms with Crippen LogP contribution in [0.2, 0.25) is 0 Å². The number of thiophene rings is 1. The first kappa shape index (κ1) is 14.8. The lowest BCUT2D eigenvalue weighted by atomic mass is 9.95. The second kappa shape index (κ2) is 5.81. The third kappa shape index (κ3) is 3.49. The molecule has 2 heterocycles. The minimum atomic E-state index is -0.839. The largest absolute Gasteiger partial charge is 0.458 e. The first-order valence-corrected chi connectivity index (χ1v) is 7.41. The summed E-state index contributed by atoms with van der Waals surface area (Å²) in [6.07, 6.45) is -0.839. The van der Waals surface area contributed by atoms with Gasteiger partial charge in [-0.1, -0.05) is 20.8 Å². The molecule has 4 nitrogen and oxygen atoms in total. The Labute approximate surface area is 122 Å². The minimum absolute atomic E-state index is 0.0961. The van der Waals surface area contributed by atoms with Gasteiger partial charge in [0.25, 0.3) is 0 Å². The molecule has 5 heteroatoms. The zero-order chi connectivity index (χ0) is 14.8. The molecule has 20 heavy (non-hydrogen) atoms. The molecular weight excluding hydrogens is 274 g/mol. The highest BCUT2D eigenvalue weighted by atomic mass is 32.1. The number of rotatable bonds is 4. The Hall–Kier alpha value is -1.59. The summed E-state index contributed by atoms with van der Waals surface area (Å²) in [5.41, 5.74) is 0.525. The summed E-state index contributed by atoms with van der Waals surface area (Å²) in [6.45, 7) is 5.63. The smallest absolute Gasteiger partial charge is 0.225 e. The zero-order valence-corrected chi connectivity index (χ0v) is 12.7. The van der Waals surface area contributed by atoms with Crippen LogP contribution >= 0.6 is 11.3 Å². The van der Waals surface area contributed by atoms with E-state index < -0.39 is 11.5 Å². The highest BCUT2D eigenvalue weighted by molar-refractivity contribution is 7.08. The Morgan fingerprint density at radius 3 is 2.75 bits per heavy atom. The third-order valence-electron chi connectivity index (χ3n) is 2.90. The Morgan fingerprint density at radius 1 is 1.40 bits per heavy atom. The quantitative estimate of drug-likeness (QED) is 0.910. The predicted octanol–water partition coefficient (Wildman–Crippen LogP) is 3.20. The van der Waals surface area contributed by atoms with Crippen LogP contribution in [0.3, 0.4) is 0 Å². The van der Waals surface area contributed by atoms with Crippen LogP contribution in [0.1, 0.15) is 32.6 Å². The van der Waals surface area contributed by atoms with Crippen LogP contribution in [0.25, 0.3) is 11.3 Å². The van der Waals surface area contributed by atoms with Gasteiger partial charge in [0.05, 0.1) is 6.54 Å². The van der Waals surface area contributed by atoms with E-state index in [0.717, 1.165) is 11.3 Å². The molecule has 1 unspecified atom stereocenters. The van der Waals surface area contributed by atoms with Crippen molar-refractivity contribution in [2.45, 2.75) is 26.9 Å². The van der Waals surface area contributed by atoms with Gasteiger partial charge in [-0.2, -0.15) is 11.3 Å². The first-order valence-electron chi connectivity index (χ1n) is 6.46. The first-order chi connectivity index (χ1) is 9.38. The van der Waals surface area contributed by atoms with E-state index in [1.807, 2.05) is 43.7 Å². The molecule has 1 amide bonds. The molecule has 108 valence electrons. The van der Waals surface area contributed by atoms with Gasteiger partial charge >= 0.3 is 0 Å². The van der Waals surface area contributed by atoms with Crippen LogP contribution in [0.15, 0.2) is 33.4 Å². The van der Waals surface area contributed by atoms with E-state index in [-0.39, 0.29) is 12.5 Å². The topological polar surface area (TPSA) is 62.5 Å². The van der Waals surface area contributed by atoms with E-state index in [2.05, 4.69) is 5.32 Å². The van der Waals surface area contributed by atoms with Crippen molar-refractivity contribution in [3.05, 3.63) is 34.7 Å². The minimum Gasteiger partial charge on any atom is -0.458 e. The molecule has 2 rings (SSSR count). The molecule has 0 spiro atoms. The molecule has 0 radical (unpaired) electrons. The molecular formula is C15H19NO3S. The van der Waals surface area contributed by atoms with Gasteiger partial charge in [0.1, 0.15) is 17.6 Å². The number of carbonyl (C=O) groups excluding carboxylic acids is 1. The Balaban J connectivity index is 1.97. The number of aliphatic hydroxyl groups is 1. The Kier molecular flexibility index (Phi) is 4.30. The van der Waals surface area contributed by atoms with Gasteiger partial charge in [0.2, 0.25) is 5.91 Å². The molecule has 0 saturated carbocycles. The van der Waals surface area contributed by atoms with Gasteiger partial charge in [-0.05, 0) is 23.6 Å². The molecule has 2 aromatic rings. The lowest BCUT2D eigenvalue weighted by Crippen LogP contribution is -2.37. The number of hydrogen-bond acceptors (Lipinski definition) is 4. The SMILES string of the molecule is CC(C)(C)C(=O)NCC(O)c1ccc(-c2ccsc2)o1. The van der Waals surface area contributed by atoms with Crippen molar-refractivity contribution in [3.8, 4) is 11.3 Å². The summed E-state index contributed by atoms with van der Waals surface area (Å²) in [6, 6.07) is 5.52. The lowest BCUT2D eigenvalue weighted by Gasteiger charge is -2.18. The van der Waals surface area contributed by atoms with Gasteiger partial charge < -0.3 is 14.8 Å². The molecule has 2 N–H and O–H groups in total. The fourth-order valence-corrected chi connectivity index (χ4v) is 2.29. The number of aliphatic hydroxyl groups excluding tert-OH is 1. The fraction of sp³-hybridized carbons (Fsp3) is 0.400. The van der Waals surface area contributed by atoms with E-state index in [9.17, 15) is 9.90 Å². The summed E-state index contributed by atoms with van der Waals surface area (Å²) in [7, 11) is 0. The molecule has 0 aromatic carbocycles. The maximum absolute atomic E-state index is 11.7. The van der Waals surface area contributed by atoms with Crippen LogP contribution in [-0.2, 0) is 4.79 Å². The molecule has 0 bridgehead atoms. The van der Waals surface area contributed by atoms with Gasteiger partial charge in [0, 0.05) is 16.4 Å². The van der Waals surface area contributed by atoms with Gasteiger partial charge in [0.15, 0.2) is 0 Å². The molecule has 0 fully saturated rings. The van der Waals surface area contributed by atoms with Crippen molar-refractivity contribution in [1.29, 1.82) is 0 Å². The summed E-state index contributed by atoms with van der Waals surface area (Å²) < 4.78 is 5.61. The van der Waals surface area contributed by atoms with Crippen LogP contribution in [-0.4, -0.2) is 17.6 Å². The number of hydrogen-bond donors (Lipinski definition) is 2. The average molecular weight is 293 g/mol. The summed E-state index contributed by atoms with van der Waals surface area (Å²) in [5, 5.41) is 16.7. The van der Waals surface area contributed by atoms with Crippen molar-refractivity contribution in [3.63, 3.8) is 0 Å². The second-order valence-electron chi connectivity index (χ2n) is 5.69. The van der Waals surface area contributed by atoms with Crippen molar-refractivity contribution in [1.82, 2.24) is 5.32 Å². The molecule has 2 aromatic heterocycles. The fourth-order valence-electron chi connectivity index (χ4n) is 1.65. The van der Waals surface area contributed by atoms with Crippen molar-refractivity contribution >= 4 is 17.2 Å². The van der Waals surface area contributed by atoms with E-state index in [0.29, 0.717) is 5.76 Å². The molecule has 0 saturated heterocycles. The van der Waals surface area contributed by atoms with Crippen molar-refractivity contribution in [2.24, 2.45) is 5.41 Å². The Bertz CT molecular complexity index is 566.